The molecule has 4 unspecified atom stereocenters. The molecule has 22 heteroatoms. The molecule has 32 heavy (non-hydrogen) atoms. The lowest BCUT2D eigenvalue weighted by Gasteiger charge is -2.28. The molecule has 1 aromatic heterocycles. The Kier molecular flexibility index (Phi) is 5.88. The summed E-state index contributed by atoms with van der Waals surface area (Å²) in [6.45, 7) is -1.98. The summed E-state index contributed by atoms with van der Waals surface area (Å²) in [4.78, 5) is 50.5. The summed E-state index contributed by atoms with van der Waals surface area (Å²) in [5.41, 5.74) is -2.91. The molecule has 0 bridgehead atoms. The normalized spacial score (nSPS) is 35.0. The van der Waals surface area contributed by atoms with Gasteiger partial charge in [-0.2, -0.15) is 22.4 Å². The molecule has 182 valence electrons. The molecule has 16 nitrogen and oxygen atoms in total. The van der Waals surface area contributed by atoms with Gasteiger partial charge in [0.15, 0.2) is 11.2 Å². The van der Waals surface area contributed by atoms with E-state index < -0.39 is 65.3 Å². The number of nitrogen functional groups attached to an aromatic ring is 1. The molecule has 0 spiro atoms. The maximum atomic E-state index is 14.9. The van der Waals surface area contributed by atoms with Gasteiger partial charge < -0.3 is 35.2 Å². The Morgan fingerprint density at radius 2 is 1.78 bits per heavy atom. The monoisotopic (exact) mass is 533 g/mol. The standard InChI is InChI=1S/C10H13F3N3O13P3/c11-3-8-5(27-31(22,23)29-32(24,25)28-30(19,20)21)9(8,18)10(12,13)6(26-8)16-2-1-4(14)15-7(16)17/h1-2,5-6,18H,3H2,(H,22,23)(H,24,25)(H2,14,15,17)(H2,19,20,21)/t5?,6-,8-,9?/m1/s1. The van der Waals surface area contributed by atoms with E-state index in [1.54, 1.807) is 0 Å². The second-order valence-corrected chi connectivity index (χ2v) is 10.9. The van der Waals surface area contributed by atoms with E-state index >= 15 is 0 Å². The van der Waals surface area contributed by atoms with Crippen LogP contribution in [0.3, 0.4) is 0 Å². The van der Waals surface area contributed by atoms with Crippen LogP contribution in [0.1, 0.15) is 6.23 Å². The molecule has 1 aromatic rings. The highest BCUT2D eigenvalue weighted by Gasteiger charge is 2.97. The lowest BCUT2D eigenvalue weighted by molar-refractivity contribution is -0.200. The highest BCUT2D eigenvalue weighted by Crippen LogP contribution is 2.75. The summed E-state index contributed by atoms with van der Waals surface area (Å²) in [6, 6.07) is 0.903. The Bertz CT molecular complexity index is 1140. The number of alkyl halides is 3. The topological polar surface area (TPSA) is 250 Å². The Balaban J connectivity index is 1.88. The SMILES string of the molecule is Nc1ccn([C@@H]2O[C@]3(CF)C(OP(=O)(O)OP(=O)(O)OP(=O)(O)O)C3(O)C2(F)F)c(=O)n1. The largest absolute Gasteiger partial charge is 0.490 e. The minimum absolute atomic E-state index is 0.153. The highest BCUT2D eigenvalue weighted by molar-refractivity contribution is 7.66. The van der Waals surface area contributed by atoms with Crippen molar-refractivity contribution in [1.82, 2.24) is 9.55 Å². The minimum atomic E-state index is -6.03. The van der Waals surface area contributed by atoms with Crippen molar-refractivity contribution < 1.29 is 69.4 Å². The number of aliphatic hydroxyl groups is 1. The third-order valence-electron chi connectivity index (χ3n) is 4.46. The first-order valence-electron chi connectivity index (χ1n) is 7.83. The number of nitrogens with two attached hydrogens (primary N) is 1. The average molecular weight is 533 g/mol. The maximum absolute atomic E-state index is 14.9. The number of fused-ring (bicyclic) bond motifs is 1. The smallest absolute Gasteiger partial charge is 0.383 e. The van der Waals surface area contributed by atoms with Gasteiger partial charge in [-0.15, -0.1) is 0 Å². The van der Waals surface area contributed by atoms with Crippen LogP contribution >= 0.6 is 23.5 Å². The van der Waals surface area contributed by atoms with Gasteiger partial charge in [-0.05, 0) is 6.07 Å². The van der Waals surface area contributed by atoms with Crippen LogP contribution in [0.2, 0.25) is 0 Å². The summed E-state index contributed by atoms with van der Waals surface area (Å²) in [7, 11) is -17.8. The predicted molar refractivity (Wildman–Crippen MR) is 90.4 cm³/mol. The molecule has 2 fully saturated rings. The minimum Gasteiger partial charge on any atom is -0.383 e. The van der Waals surface area contributed by atoms with E-state index in [4.69, 9.17) is 25.2 Å². The molecular weight excluding hydrogens is 520 g/mol. The number of hydrogen-bond acceptors (Lipinski definition) is 11. The fourth-order valence-electron chi connectivity index (χ4n) is 3.16. The molecule has 3 rings (SSSR count). The number of phosphoric ester groups is 1. The highest BCUT2D eigenvalue weighted by atomic mass is 31.3. The van der Waals surface area contributed by atoms with Crippen molar-refractivity contribution in [2.45, 2.75) is 29.5 Å². The third kappa shape index (κ3) is 3.98. The average Bonchev–Trinajstić information content (AvgIpc) is 3.00. The molecule has 7 N–H and O–H groups in total. The predicted octanol–water partition coefficient (Wildman–Crippen LogP) is -0.845. The van der Waals surface area contributed by atoms with Gasteiger partial charge in [-0.1, -0.05) is 0 Å². The number of phosphoric acid groups is 3. The van der Waals surface area contributed by atoms with Gasteiger partial charge in [0.2, 0.25) is 6.23 Å². The fourth-order valence-corrected chi connectivity index (χ4v) is 6.41. The van der Waals surface area contributed by atoms with Gasteiger partial charge in [0.1, 0.15) is 18.6 Å². The molecule has 0 aromatic carbocycles. The van der Waals surface area contributed by atoms with Gasteiger partial charge in [0.05, 0.1) is 0 Å². The molecule has 2 aliphatic rings. The molecule has 0 amide bonds. The fraction of sp³-hybridized carbons (Fsp3) is 0.600. The van der Waals surface area contributed by atoms with E-state index in [9.17, 15) is 41.7 Å². The van der Waals surface area contributed by atoms with Crippen LogP contribution < -0.4 is 11.4 Å². The van der Waals surface area contributed by atoms with E-state index in [1.165, 1.54) is 0 Å². The molecule has 1 saturated carbocycles. The molecular formula is C10H13F3N3O13P3. The summed E-state index contributed by atoms with van der Waals surface area (Å²) in [5, 5.41) is 10.4. The first-order chi connectivity index (χ1) is 14.3. The zero-order valence-corrected chi connectivity index (χ0v) is 17.6. The summed E-state index contributed by atoms with van der Waals surface area (Å²) >= 11 is 0. The number of nitrogens with zero attached hydrogens (tertiary/aromatic N) is 2. The summed E-state index contributed by atoms with van der Waals surface area (Å²) < 4.78 is 93.2. The number of rotatable bonds is 8. The lowest BCUT2D eigenvalue weighted by atomic mass is 10.1. The van der Waals surface area contributed by atoms with Crippen molar-refractivity contribution in [2.75, 3.05) is 12.4 Å². The molecule has 2 heterocycles. The molecule has 0 radical (unpaired) electrons. The second kappa shape index (κ2) is 7.40. The van der Waals surface area contributed by atoms with Crippen molar-refractivity contribution in [3.05, 3.63) is 22.7 Å². The summed E-state index contributed by atoms with van der Waals surface area (Å²) in [5.74, 6) is -4.95. The number of hydrogen-bond donors (Lipinski definition) is 6. The van der Waals surface area contributed by atoms with Crippen molar-refractivity contribution in [3.63, 3.8) is 0 Å². The zero-order chi connectivity index (χ0) is 24.5. The van der Waals surface area contributed by atoms with Gasteiger partial charge in [-0.25, -0.2) is 22.9 Å². The Morgan fingerprint density at radius 1 is 1.19 bits per heavy atom. The van der Waals surface area contributed by atoms with Gasteiger partial charge >= 0.3 is 35.1 Å². The van der Waals surface area contributed by atoms with Crippen LogP contribution in [0.5, 0.6) is 0 Å². The second-order valence-electron chi connectivity index (χ2n) is 6.50. The van der Waals surface area contributed by atoms with Crippen LogP contribution in [0.15, 0.2) is 17.1 Å². The number of ether oxygens (including phenoxy) is 1. The number of aromatic nitrogens is 2. The molecule has 6 atom stereocenters. The van der Waals surface area contributed by atoms with E-state index in [0.717, 1.165) is 6.07 Å². The van der Waals surface area contributed by atoms with E-state index in [-0.39, 0.29) is 10.4 Å². The van der Waals surface area contributed by atoms with Gasteiger partial charge in [0.25, 0.3) is 0 Å². The maximum Gasteiger partial charge on any atom is 0.490 e. The van der Waals surface area contributed by atoms with Crippen LogP contribution in [0, 0.1) is 0 Å². The Labute approximate surface area is 173 Å². The van der Waals surface area contributed by atoms with Crippen molar-refractivity contribution in [3.8, 4) is 0 Å². The Morgan fingerprint density at radius 3 is 2.25 bits per heavy atom. The zero-order valence-electron chi connectivity index (χ0n) is 15.0. The van der Waals surface area contributed by atoms with Crippen LogP contribution in [-0.2, 0) is 31.6 Å². The first-order valence-corrected chi connectivity index (χ1v) is 12.3. The molecule has 1 aliphatic carbocycles. The van der Waals surface area contributed by atoms with Crippen LogP contribution in [0.4, 0.5) is 19.0 Å². The lowest BCUT2D eigenvalue weighted by Crippen LogP contribution is -2.46. The third-order valence-corrected chi connectivity index (χ3v) is 8.27. The molecule has 1 aliphatic heterocycles. The number of halogens is 3. The van der Waals surface area contributed by atoms with Crippen molar-refractivity contribution >= 4 is 29.3 Å². The Hall–Kier alpha value is -1.20. The van der Waals surface area contributed by atoms with Gasteiger partial charge in [0, 0.05) is 6.20 Å². The summed E-state index contributed by atoms with van der Waals surface area (Å²) in [6.07, 6.45) is -4.69. The number of anilines is 1. The molecule has 1 saturated heterocycles. The van der Waals surface area contributed by atoms with E-state index in [2.05, 4.69) is 18.1 Å². The van der Waals surface area contributed by atoms with E-state index in [1.807, 2.05) is 0 Å². The van der Waals surface area contributed by atoms with Crippen molar-refractivity contribution in [2.24, 2.45) is 0 Å². The van der Waals surface area contributed by atoms with E-state index in [0.29, 0.717) is 6.20 Å². The van der Waals surface area contributed by atoms with Crippen LogP contribution in [-0.4, -0.2) is 64.1 Å². The van der Waals surface area contributed by atoms with Gasteiger partial charge in [-0.3, -0.25) is 9.09 Å². The van der Waals surface area contributed by atoms with Crippen molar-refractivity contribution in [1.29, 1.82) is 0 Å². The van der Waals surface area contributed by atoms with Crippen LogP contribution in [0.25, 0.3) is 0 Å². The quantitative estimate of drug-likeness (QED) is 0.223. The first kappa shape index (κ1) is 25.4.